The van der Waals surface area contributed by atoms with Crippen LogP contribution >= 0.6 is 11.6 Å². The van der Waals surface area contributed by atoms with E-state index in [-0.39, 0.29) is 17.0 Å². The van der Waals surface area contributed by atoms with E-state index in [2.05, 4.69) is 10.9 Å². The summed E-state index contributed by atoms with van der Waals surface area (Å²) in [7, 11) is 0. The number of halogens is 1. The third-order valence-corrected chi connectivity index (χ3v) is 6.51. The standard InChI is InChI=1S/C26H24ClN3O6/c27-20-13-7-6-12-19(20)23(32)29-28-22(31)15-36-26(35)21(14-16-8-2-1-3-9-16)30-24(33)17-10-4-5-11-18(17)25(30)34/h1-9,12-13,17-18,21H,10-11,14-15H2,(H,28,31)(H,29,32)/t17-,18-,21+/m1/s1. The number of esters is 1. The summed E-state index contributed by atoms with van der Waals surface area (Å²) in [6.45, 7) is -0.725. The van der Waals surface area contributed by atoms with Gasteiger partial charge in [-0.25, -0.2) is 4.79 Å². The molecule has 186 valence electrons. The van der Waals surface area contributed by atoms with Crippen LogP contribution in [0.15, 0.2) is 66.7 Å². The van der Waals surface area contributed by atoms with Crippen LogP contribution in [-0.4, -0.2) is 47.1 Å². The fraction of sp³-hybridized carbons (Fsp3) is 0.269. The van der Waals surface area contributed by atoms with Gasteiger partial charge in [-0.15, -0.1) is 0 Å². The van der Waals surface area contributed by atoms with Crippen molar-refractivity contribution in [3.8, 4) is 0 Å². The maximum absolute atomic E-state index is 13.1. The number of fused-ring (bicyclic) bond motifs is 1. The summed E-state index contributed by atoms with van der Waals surface area (Å²) >= 11 is 5.96. The van der Waals surface area contributed by atoms with Crippen molar-refractivity contribution in [2.24, 2.45) is 11.8 Å². The van der Waals surface area contributed by atoms with Crippen LogP contribution < -0.4 is 10.9 Å². The van der Waals surface area contributed by atoms with Crippen molar-refractivity contribution in [1.82, 2.24) is 15.8 Å². The van der Waals surface area contributed by atoms with E-state index in [4.69, 9.17) is 16.3 Å². The number of hydrazine groups is 1. The molecule has 0 unspecified atom stereocenters. The number of rotatable bonds is 7. The molecule has 2 aromatic rings. The van der Waals surface area contributed by atoms with Crippen LogP contribution in [0.25, 0.3) is 0 Å². The number of allylic oxidation sites excluding steroid dienone is 2. The Balaban J connectivity index is 1.41. The molecular formula is C26H24ClN3O6. The van der Waals surface area contributed by atoms with E-state index in [1.165, 1.54) is 12.1 Å². The van der Waals surface area contributed by atoms with E-state index in [0.29, 0.717) is 12.8 Å². The molecule has 2 N–H and O–H groups in total. The minimum Gasteiger partial charge on any atom is -0.454 e. The maximum Gasteiger partial charge on any atom is 0.330 e. The first-order chi connectivity index (χ1) is 17.4. The highest BCUT2D eigenvalue weighted by Gasteiger charge is 2.51. The highest BCUT2D eigenvalue weighted by atomic mass is 35.5. The van der Waals surface area contributed by atoms with Crippen molar-refractivity contribution in [3.05, 3.63) is 82.9 Å². The van der Waals surface area contributed by atoms with Gasteiger partial charge in [0.25, 0.3) is 11.8 Å². The summed E-state index contributed by atoms with van der Waals surface area (Å²) in [5.41, 5.74) is 5.23. The summed E-state index contributed by atoms with van der Waals surface area (Å²) in [4.78, 5) is 64.6. The Hall–Kier alpha value is -3.98. The second-order valence-corrected chi connectivity index (χ2v) is 8.90. The number of nitrogens with zero attached hydrogens (tertiary/aromatic N) is 1. The Bertz CT molecular complexity index is 1190. The molecule has 0 bridgehead atoms. The van der Waals surface area contributed by atoms with E-state index >= 15 is 0 Å². The molecule has 1 aliphatic carbocycles. The Labute approximate surface area is 212 Å². The lowest BCUT2D eigenvalue weighted by Gasteiger charge is -2.25. The first-order valence-electron chi connectivity index (χ1n) is 11.4. The van der Waals surface area contributed by atoms with Gasteiger partial charge in [0.1, 0.15) is 6.04 Å². The van der Waals surface area contributed by atoms with Crippen molar-refractivity contribution in [2.75, 3.05) is 6.61 Å². The molecule has 1 aliphatic heterocycles. The second-order valence-electron chi connectivity index (χ2n) is 8.50. The molecule has 2 aliphatic rings. The fourth-order valence-corrected chi connectivity index (χ4v) is 4.58. The van der Waals surface area contributed by atoms with Crippen molar-refractivity contribution >= 4 is 41.2 Å². The summed E-state index contributed by atoms with van der Waals surface area (Å²) < 4.78 is 5.17. The normalized spacial score (nSPS) is 19.4. The zero-order valence-electron chi connectivity index (χ0n) is 19.2. The van der Waals surface area contributed by atoms with Gasteiger partial charge in [0.15, 0.2) is 6.61 Å². The van der Waals surface area contributed by atoms with Crippen LogP contribution in [0.3, 0.4) is 0 Å². The second kappa shape index (κ2) is 11.2. The van der Waals surface area contributed by atoms with E-state index in [1.54, 1.807) is 36.4 Å². The minimum absolute atomic E-state index is 0.0505. The Morgan fingerprint density at radius 2 is 1.53 bits per heavy atom. The highest BCUT2D eigenvalue weighted by Crippen LogP contribution is 2.36. The predicted octanol–water partition coefficient (Wildman–Crippen LogP) is 2.21. The number of amides is 4. The topological polar surface area (TPSA) is 122 Å². The molecule has 1 saturated heterocycles. The summed E-state index contributed by atoms with van der Waals surface area (Å²) in [6.07, 6.45) is 4.65. The number of hydrogen-bond acceptors (Lipinski definition) is 6. The third kappa shape index (κ3) is 5.46. The molecule has 9 nitrogen and oxygen atoms in total. The van der Waals surface area contributed by atoms with Crippen molar-refractivity contribution < 1.29 is 28.7 Å². The lowest BCUT2D eigenvalue weighted by atomic mass is 9.85. The van der Waals surface area contributed by atoms with Crippen LogP contribution in [-0.2, 0) is 30.3 Å². The monoisotopic (exact) mass is 509 g/mol. The minimum atomic E-state index is -1.22. The van der Waals surface area contributed by atoms with Gasteiger partial charge in [-0.3, -0.25) is 34.9 Å². The first kappa shape index (κ1) is 25.1. The Kier molecular flexibility index (Phi) is 7.80. The first-order valence-corrected chi connectivity index (χ1v) is 11.8. The lowest BCUT2D eigenvalue weighted by Crippen LogP contribution is -2.49. The van der Waals surface area contributed by atoms with E-state index < -0.39 is 54.1 Å². The molecule has 0 spiro atoms. The highest BCUT2D eigenvalue weighted by molar-refractivity contribution is 6.33. The molecule has 0 aromatic heterocycles. The number of benzene rings is 2. The van der Waals surface area contributed by atoms with Gasteiger partial charge >= 0.3 is 5.97 Å². The predicted molar refractivity (Wildman–Crippen MR) is 129 cm³/mol. The average molecular weight is 510 g/mol. The Morgan fingerprint density at radius 1 is 0.917 bits per heavy atom. The molecule has 0 saturated carbocycles. The van der Waals surface area contributed by atoms with Gasteiger partial charge in [-0.1, -0.05) is 66.2 Å². The van der Waals surface area contributed by atoms with Gasteiger partial charge in [-0.05, 0) is 30.5 Å². The molecular weight excluding hydrogens is 486 g/mol. The van der Waals surface area contributed by atoms with Crippen LogP contribution in [0.4, 0.5) is 0 Å². The van der Waals surface area contributed by atoms with Crippen LogP contribution in [0.1, 0.15) is 28.8 Å². The quantitative estimate of drug-likeness (QED) is 0.255. The third-order valence-electron chi connectivity index (χ3n) is 6.18. The number of carbonyl (C=O) groups excluding carboxylic acids is 5. The molecule has 4 rings (SSSR count). The largest absolute Gasteiger partial charge is 0.454 e. The molecule has 0 radical (unpaired) electrons. The van der Waals surface area contributed by atoms with E-state index in [1.807, 2.05) is 18.2 Å². The SMILES string of the molecule is O=C(COC(=O)[C@H](Cc1ccccc1)N1C(=O)[C@@H]2CC=CC[C@H]2C1=O)NNC(=O)c1ccccc1Cl. The number of likely N-dealkylation sites (tertiary alicyclic amines) is 1. The van der Waals surface area contributed by atoms with Gasteiger partial charge in [0.05, 0.1) is 22.4 Å². The molecule has 4 amide bonds. The number of hydrogen-bond donors (Lipinski definition) is 2. The number of imide groups is 1. The molecule has 1 fully saturated rings. The molecule has 2 aromatic carbocycles. The van der Waals surface area contributed by atoms with Gasteiger partial charge in [-0.2, -0.15) is 0 Å². The molecule has 3 atom stereocenters. The van der Waals surface area contributed by atoms with E-state index in [0.717, 1.165) is 10.5 Å². The van der Waals surface area contributed by atoms with Crippen LogP contribution in [0, 0.1) is 11.8 Å². The Morgan fingerprint density at radius 3 is 2.17 bits per heavy atom. The maximum atomic E-state index is 13.1. The van der Waals surface area contributed by atoms with E-state index in [9.17, 15) is 24.0 Å². The van der Waals surface area contributed by atoms with Gasteiger partial charge in [0.2, 0.25) is 11.8 Å². The van der Waals surface area contributed by atoms with Gasteiger partial charge in [0, 0.05) is 6.42 Å². The summed E-state index contributed by atoms with van der Waals surface area (Å²) in [5, 5.41) is 0.204. The smallest absolute Gasteiger partial charge is 0.330 e. The van der Waals surface area contributed by atoms with Crippen molar-refractivity contribution in [1.29, 1.82) is 0 Å². The summed E-state index contributed by atoms with van der Waals surface area (Å²) in [5.74, 6) is -4.17. The van der Waals surface area contributed by atoms with Crippen molar-refractivity contribution in [2.45, 2.75) is 25.3 Å². The lowest BCUT2D eigenvalue weighted by molar-refractivity contribution is -0.160. The number of carbonyl (C=O) groups is 5. The zero-order valence-corrected chi connectivity index (χ0v) is 19.9. The zero-order chi connectivity index (χ0) is 25.7. The molecule has 1 heterocycles. The summed E-state index contributed by atoms with van der Waals surface area (Å²) in [6, 6.07) is 14.0. The van der Waals surface area contributed by atoms with Crippen molar-refractivity contribution in [3.63, 3.8) is 0 Å². The van der Waals surface area contributed by atoms with Gasteiger partial charge < -0.3 is 4.74 Å². The molecule has 10 heteroatoms. The van der Waals surface area contributed by atoms with Crippen LogP contribution in [0.2, 0.25) is 5.02 Å². The average Bonchev–Trinajstić information content (AvgIpc) is 3.15. The number of nitrogens with one attached hydrogen (secondary N) is 2. The number of ether oxygens (including phenoxy) is 1. The fourth-order valence-electron chi connectivity index (χ4n) is 4.36. The molecule has 36 heavy (non-hydrogen) atoms. The van der Waals surface area contributed by atoms with Crippen LogP contribution in [0.5, 0.6) is 0 Å².